The quantitative estimate of drug-likeness (QED) is 0.204. The van der Waals surface area contributed by atoms with E-state index >= 15 is 0 Å². The van der Waals surface area contributed by atoms with Gasteiger partial charge in [0, 0.05) is 28.0 Å². The molecule has 4 heteroatoms. The Bertz CT molecular complexity index is 2630. The SMILES string of the molecule is c1ccc2c(c1)Oc1cc3c4c5c1B2c1cccc2cc6cccc(c6c-5c12)B4c1cccc2c4ccccc4n-3c12. The summed E-state index contributed by atoms with van der Waals surface area (Å²) in [5.41, 5.74) is 14.9. The Balaban J connectivity index is 1.40. The van der Waals surface area contributed by atoms with Crippen LogP contribution in [0.5, 0.6) is 11.5 Å². The number of para-hydroxylation sites is 3. The van der Waals surface area contributed by atoms with Crippen LogP contribution in [-0.4, -0.2) is 18.0 Å². The highest BCUT2D eigenvalue weighted by molar-refractivity contribution is 7.05. The molecule has 188 valence electrons. The molecule has 8 aromatic rings. The molecule has 1 aromatic heterocycles. The van der Waals surface area contributed by atoms with Crippen LogP contribution in [-0.2, 0) is 0 Å². The maximum Gasteiger partial charge on any atom is 0.252 e. The third kappa shape index (κ3) is 2.06. The lowest BCUT2D eigenvalue weighted by molar-refractivity contribution is 0.487. The first-order valence-electron chi connectivity index (χ1n) is 14.9. The molecule has 0 atom stereocenters. The summed E-state index contributed by atoms with van der Waals surface area (Å²) in [7, 11) is 0. The van der Waals surface area contributed by atoms with Crippen molar-refractivity contribution in [2.45, 2.75) is 0 Å². The fraction of sp³-hybridized carbons (Fsp3) is 0. The molecule has 0 aliphatic carbocycles. The number of benzene rings is 7. The molecule has 4 aliphatic heterocycles. The van der Waals surface area contributed by atoms with Crippen LogP contribution in [0.15, 0.2) is 115 Å². The number of ether oxygens (including phenoxy) is 1. The van der Waals surface area contributed by atoms with E-state index in [4.69, 9.17) is 4.74 Å². The van der Waals surface area contributed by atoms with Gasteiger partial charge in [0.2, 0.25) is 6.71 Å². The number of hydrogen-bond acceptors (Lipinski definition) is 1. The Kier molecular flexibility index (Phi) is 3.26. The molecule has 42 heavy (non-hydrogen) atoms. The minimum Gasteiger partial charge on any atom is -0.458 e. The van der Waals surface area contributed by atoms with Gasteiger partial charge >= 0.3 is 0 Å². The predicted molar refractivity (Wildman–Crippen MR) is 177 cm³/mol. The van der Waals surface area contributed by atoms with Gasteiger partial charge in [-0.1, -0.05) is 102 Å². The van der Waals surface area contributed by atoms with Gasteiger partial charge in [-0.3, -0.25) is 0 Å². The van der Waals surface area contributed by atoms with Crippen LogP contribution in [0.1, 0.15) is 0 Å². The zero-order valence-electron chi connectivity index (χ0n) is 22.5. The van der Waals surface area contributed by atoms with Crippen molar-refractivity contribution in [2.75, 3.05) is 0 Å². The van der Waals surface area contributed by atoms with E-state index in [1.807, 2.05) is 0 Å². The van der Waals surface area contributed by atoms with Crippen molar-refractivity contribution in [3.05, 3.63) is 115 Å². The molecule has 2 nitrogen and oxygen atoms in total. The third-order valence-corrected chi connectivity index (χ3v) is 10.6. The van der Waals surface area contributed by atoms with Gasteiger partial charge in [-0.05, 0) is 72.7 Å². The first-order chi connectivity index (χ1) is 20.9. The molecular formula is C38H19B2NO. The lowest BCUT2D eigenvalue weighted by Gasteiger charge is -2.41. The summed E-state index contributed by atoms with van der Waals surface area (Å²) >= 11 is 0. The molecule has 0 amide bonds. The van der Waals surface area contributed by atoms with Gasteiger partial charge in [-0.15, -0.1) is 0 Å². The number of hydrogen-bond donors (Lipinski definition) is 0. The van der Waals surface area contributed by atoms with Crippen LogP contribution < -0.4 is 37.5 Å². The van der Waals surface area contributed by atoms with Gasteiger partial charge in [-0.25, -0.2) is 0 Å². The van der Waals surface area contributed by atoms with Gasteiger partial charge in [0.1, 0.15) is 11.5 Å². The Morgan fingerprint density at radius 3 is 2.02 bits per heavy atom. The lowest BCUT2D eigenvalue weighted by atomic mass is 9.27. The highest BCUT2D eigenvalue weighted by atomic mass is 16.5. The van der Waals surface area contributed by atoms with Crippen molar-refractivity contribution < 1.29 is 4.74 Å². The largest absolute Gasteiger partial charge is 0.458 e. The predicted octanol–water partition coefficient (Wildman–Crippen LogP) is 4.84. The summed E-state index contributed by atoms with van der Waals surface area (Å²) in [6, 6.07) is 43.1. The molecule has 12 rings (SSSR count). The number of fused-ring (bicyclic) bond motifs is 9. The molecule has 0 radical (unpaired) electrons. The molecule has 7 aromatic carbocycles. The van der Waals surface area contributed by atoms with Crippen molar-refractivity contribution in [3.8, 4) is 28.3 Å². The molecule has 4 aliphatic rings. The Labute approximate surface area is 241 Å². The minimum atomic E-state index is 0.142. The van der Waals surface area contributed by atoms with E-state index in [0.29, 0.717) is 0 Å². The monoisotopic (exact) mass is 527 g/mol. The smallest absolute Gasteiger partial charge is 0.252 e. The molecule has 5 heterocycles. The van der Waals surface area contributed by atoms with Crippen molar-refractivity contribution in [2.24, 2.45) is 0 Å². The van der Waals surface area contributed by atoms with Gasteiger partial charge in [0.05, 0.1) is 5.52 Å². The highest BCUT2D eigenvalue weighted by Crippen LogP contribution is 2.45. The summed E-state index contributed by atoms with van der Waals surface area (Å²) in [6.45, 7) is 0.306. The van der Waals surface area contributed by atoms with Crippen LogP contribution in [0, 0.1) is 0 Å². The first kappa shape index (κ1) is 20.6. The molecular weight excluding hydrogens is 508 g/mol. The van der Waals surface area contributed by atoms with E-state index in [0.717, 1.165) is 11.5 Å². The third-order valence-electron chi connectivity index (χ3n) is 10.6. The second-order valence-corrected chi connectivity index (χ2v) is 12.3. The van der Waals surface area contributed by atoms with Crippen LogP contribution in [0.4, 0.5) is 0 Å². The molecule has 0 saturated carbocycles. The molecule has 0 N–H and O–H groups in total. The first-order valence-corrected chi connectivity index (χ1v) is 14.9. The van der Waals surface area contributed by atoms with Gasteiger partial charge < -0.3 is 9.30 Å². The average Bonchev–Trinajstić information content (AvgIpc) is 3.38. The maximum absolute atomic E-state index is 6.88. The Morgan fingerprint density at radius 2 is 1.17 bits per heavy atom. The van der Waals surface area contributed by atoms with Crippen LogP contribution in [0.2, 0.25) is 0 Å². The fourth-order valence-electron chi connectivity index (χ4n) is 9.23. The fourth-order valence-corrected chi connectivity index (χ4v) is 9.23. The number of rotatable bonds is 0. The number of nitrogens with zero attached hydrogens (tertiary/aromatic N) is 1. The maximum atomic E-state index is 6.88. The van der Waals surface area contributed by atoms with Crippen LogP contribution in [0.25, 0.3) is 60.2 Å². The number of aromatic nitrogens is 1. The molecule has 0 bridgehead atoms. The Hall–Kier alpha value is -5.21. The van der Waals surface area contributed by atoms with E-state index in [-0.39, 0.29) is 13.4 Å². The highest BCUT2D eigenvalue weighted by Gasteiger charge is 2.47. The van der Waals surface area contributed by atoms with E-state index < -0.39 is 0 Å². The standard InChI is InChI=1S/C38H19B2NO/c1-3-16-28-22(10-1)23-11-7-15-27-38(23)41(28)29-19-31-37-35-34-32-20(18-21-9-6-14-26(33(21)34)40(27)36(29)35)8-5-13-25(32)39(37)24-12-2-4-17-30(24)42-31/h1-19H. The van der Waals surface area contributed by atoms with Gasteiger partial charge in [0.25, 0.3) is 6.71 Å². The second kappa shape index (κ2) is 6.64. The summed E-state index contributed by atoms with van der Waals surface area (Å²) < 4.78 is 9.42. The normalized spacial score (nSPS) is 14.3. The van der Waals surface area contributed by atoms with Gasteiger partial charge in [0.15, 0.2) is 0 Å². The summed E-state index contributed by atoms with van der Waals surface area (Å²) in [5, 5.41) is 8.09. The van der Waals surface area contributed by atoms with Crippen LogP contribution >= 0.6 is 0 Å². The summed E-state index contributed by atoms with van der Waals surface area (Å²) in [6.07, 6.45) is 0. The molecule has 0 spiro atoms. The van der Waals surface area contributed by atoms with Crippen molar-refractivity contribution in [3.63, 3.8) is 0 Å². The summed E-state index contributed by atoms with van der Waals surface area (Å²) in [5.74, 6) is 1.96. The van der Waals surface area contributed by atoms with Crippen molar-refractivity contribution >= 4 is 89.6 Å². The van der Waals surface area contributed by atoms with Crippen LogP contribution in [0.3, 0.4) is 0 Å². The lowest BCUT2D eigenvalue weighted by Crippen LogP contribution is -2.64. The topological polar surface area (TPSA) is 14.2 Å². The minimum absolute atomic E-state index is 0.142. The van der Waals surface area contributed by atoms with E-state index in [1.165, 1.54) is 92.9 Å². The van der Waals surface area contributed by atoms with E-state index in [9.17, 15) is 0 Å². The molecule has 0 unspecified atom stereocenters. The average molecular weight is 527 g/mol. The van der Waals surface area contributed by atoms with Gasteiger partial charge in [-0.2, -0.15) is 0 Å². The zero-order chi connectivity index (χ0) is 26.8. The van der Waals surface area contributed by atoms with E-state index in [2.05, 4.69) is 120 Å². The van der Waals surface area contributed by atoms with E-state index in [1.54, 1.807) is 0 Å². The molecule has 0 saturated heterocycles. The van der Waals surface area contributed by atoms with Crippen molar-refractivity contribution in [1.82, 2.24) is 4.57 Å². The second-order valence-electron chi connectivity index (χ2n) is 12.3. The summed E-state index contributed by atoms with van der Waals surface area (Å²) in [4.78, 5) is 0. The van der Waals surface area contributed by atoms with Crippen molar-refractivity contribution in [1.29, 1.82) is 0 Å². The zero-order valence-corrected chi connectivity index (χ0v) is 22.5. The Morgan fingerprint density at radius 1 is 0.500 bits per heavy atom. The molecule has 0 fully saturated rings.